The van der Waals surface area contributed by atoms with Crippen LogP contribution in [0.3, 0.4) is 0 Å². The first-order valence-corrected chi connectivity index (χ1v) is 11.0. The molecule has 2 atom stereocenters. The molecule has 152 valence electrons. The zero-order valence-electron chi connectivity index (χ0n) is 16.2. The molecule has 4 nitrogen and oxygen atoms in total. The van der Waals surface area contributed by atoms with Crippen LogP contribution in [0.4, 0.5) is 0 Å². The lowest BCUT2D eigenvalue weighted by molar-refractivity contribution is 0.317. The van der Waals surface area contributed by atoms with Gasteiger partial charge < -0.3 is 16.0 Å². The van der Waals surface area contributed by atoms with E-state index in [1.165, 1.54) is 0 Å². The Bertz CT molecular complexity index is 720. The second-order valence-electron chi connectivity index (χ2n) is 6.30. The lowest BCUT2D eigenvalue weighted by Gasteiger charge is -2.28. The van der Waals surface area contributed by atoms with Crippen molar-refractivity contribution >= 4 is 31.9 Å². The molecule has 0 aliphatic carbocycles. The van der Waals surface area contributed by atoms with Crippen molar-refractivity contribution in [3.8, 4) is 0 Å². The third-order valence-electron chi connectivity index (χ3n) is 4.23. The van der Waals surface area contributed by atoms with Gasteiger partial charge in [0, 0.05) is 0 Å². The summed E-state index contributed by atoms with van der Waals surface area (Å²) in [6, 6.07) is 19.8. The first-order valence-electron chi connectivity index (χ1n) is 9.24. The van der Waals surface area contributed by atoms with Gasteiger partial charge in [0.25, 0.3) is 0 Å². The van der Waals surface area contributed by atoms with E-state index in [4.69, 9.17) is 16.0 Å². The van der Waals surface area contributed by atoms with Gasteiger partial charge in [-0.3, -0.25) is 4.57 Å². The monoisotopic (exact) mass is 420 g/mol. The van der Waals surface area contributed by atoms with E-state index in [1.807, 2.05) is 91.9 Å². The van der Waals surface area contributed by atoms with Crippen LogP contribution in [-0.2, 0) is 9.09 Å². The van der Waals surface area contributed by atoms with E-state index in [9.17, 15) is 4.57 Å². The second-order valence-corrected chi connectivity index (χ2v) is 9.17. The summed E-state index contributed by atoms with van der Waals surface area (Å²) < 4.78 is 19.0. The minimum absolute atomic E-state index is 0. The fourth-order valence-electron chi connectivity index (χ4n) is 2.75. The van der Waals surface area contributed by atoms with Crippen molar-refractivity contribution in [3.63, 3.8) is 0 Å². The molecule has 0 aliphatic rings. The number of halogens is 1. The van der Waals surface area contributed by atoms with Crippen molar-refractivity contribution in [2.45, 2.75) is 31.3 Å². The first kappa shape index (κ1) is 24.4. The van der Waals surface area contributed by atoms with Gasteiger partial charge >= 0.3 is 0 Å². The van der Waals surface area contributed by atoms with Crippen LogP contribution < -0.4 is 11.5 Å². The summed E-state index contributed by atoms with van der Waals surface area (Å²) >= 11 is 0. The van der Waals surface area contributed by atoms with Crippen LogP contribution in [0.5, 0.6) is 0 Å². The van der Waals surface area contributed by atoms with Crippen LogP contribution in [0, 0.1) is 0 Å². The summed E-state index contributed by atoms with van der Waals surface area (Å²) in [7, 11) is -3.19. The van der Waals surface area contributed by atoms with Gasteiger partial charge in [-0.15, -0.1) is 12.4 Å². The van der Waals surface area contributed by atoms with Crippen LogP contribution in [0.25, 0.3) is 12.2 Å². The molecule has 2 rings (SSSR count). The minimum Gasteiger partial charge on any atom is -0.327 e. The molecular weight excluding hydrogens is 391 g/mol. The number of rotatable bonds is 10. The van der Waals surface area contributed by atoms with E-state index in [-0.39, 0.29) is 12.4 Å². The average molecular weight is 421 g/mol. The van der Waals surface area contributed by atoms with E-state index in [2.05, 4.69) is 0 Å². The van der Waals surface area contributed by atoms with Crippen LogP contribution in [-0.4, -0.2) is 18.2 Å². The molecule has 0 fully saturated rings. The first-order chi connectivity index (χ1) is 13.1. The van der Waals surface area contributed by atoms with Crippen molar-refractivity contribution < 1.29 is 9.09 Å². The highest BCUT2D eigenvalue weighted by molar-refractivity contribution is 7.60. The maximum absolute atomic E-state index is 13.4. The minimum atomic E-state index is -3.19. The Morgan fingerprint density at radius 2 is 1.25 bits per heavy atom. The van der Waals surface area contributed by atoms with E-state index < -0.39 is 18.9 Å². The standard InChI is InChI=1S/C22H29N2O2P.ClH/c1-2-26-27(25,21(23)17-9-15-19-11-5-3-6-12-19)22(24)18-10-16-20-13-7-4-8-14-20;/h3-16,21-22H,2,17-18,23-24H2,1H3;1H. The van der Waals surface area contributed by atoms with Crippen LogP contribution in [0.15, 0.2) is 72.8 Å². The summed E-state index contributed by atoms with van der Waals surface area (Å²) in [5.41, 5.74) is 14.6. The highest BCUT2D eigenvalue weighted by Crippen LogP contribution is 2.55. The lowest BCUT2D eigenvalue weighted by Crippen LogP contribution is -2.32. The van der Waals surface area contributed by atoms with Crippen molar-refractivity contribution in [3.05, 3.63) is 83.9 Å². The molecule has 2 aromatic rings. The Balaban J connectivity index is 0.00000392. The molecule has 2 unspecified atom stereocenters. The molecule has 0 saturated heterocycles. The van der Waals surface area contributed by atoms with Crippen LogP contribution in [0.1, 0.15) is 30.9 Å². The molecule has 6 heteroatoms. The molecule has 0 spiro atoms. The summed E-state index contributed by atoms with van der Waals surface area (Å²) in [5.74, 6) is -1.25. The number of benzene rings is 2. The van der Waals surface area contributed by atoms with Crippen molar-refractivity contribution in [2.75, 3.05) is 6.61 Å². The molecule has 0 radical (unpaired) electrons. The fourth-order valence-corrected chi connectivity index (χ4v) is 4.86. The molecule has 0 amide bonds. The Labute approximate surface area is 174 Å². The fraction of sp³-hybridized carbons (Fsp3) is 0.273. The smallest absolute Gasteiger partial charge is 0.236 e. The Kier molecular flexibility index (Phi) is 11.1. The topological polar surface area (TPSA) is 78.3 Å². The third kappa shape index (κ3) is 7.38. The van der Waals surface area contributed by atoms with Crippen LogP contribution in [0.2, 0.25) is 0 Å². The van der Waals surface area contributed by atoms with Gasteiger partial charge in [-0.05, 0) is 30.9 Å². The SMILES string of the molecule is CCOP(=O)(C(N)CC=Cc1ccccc1)C(N)CC=Cc1ccccc1.Cl. The zero-order valence-corrected chi connectivity index (χ0v) is 17.9. The molecule has 2 aromatic carbocycles. The van der Waals surface area contributed by atoms with Gasteiger partial charge in [-0.2, -0.15) is 0 Å². The van der Waals surface area contributed by atoms with E-state index in [1.54, 1.807) is 0 Å². The molecule has 28 heavy (non-hydrogen) atoms. The van der Waals surface area contributed by atoms with Gasteiger partial charge in [-0.1, -0.05) is 85.0 Å². The molecule has 0 bridgehead atoms. The summed E-state index contributed by atoms with van der Waals surface area (Å²) in [6.07, 6.45) is 8.69. The average Bonchev–Trinajstić information content (AvgIpc) is 2.69. The zero-order chi connectivity index (χ0) is 19.5. The van der Waals surface area contributed by atoms with Crippen molar-refractivity contribution in [1.29, 1.82) is 0 Å². The molecule has 0 saturated carbocycles. The summed E-state index contributed by atoms with van der Waals surface area (Å²) in [5, 5.41) is 0. The maximum Gasteiger partial charge on any atom is 0.236 e. The Morgan fingerprint density at radius 3 is 1.61 bits per heavy atom. The number of hydrogen-bond donors (Lipinski definition) is 2. The molecular formula is C22H30ClN2O2P. The normalized spacial score (nSPS) is 15.8. The molecule has 0 aromatic heterocycles. The second kappa shape index (κ2) is 12.7. The molecule has 4 N–H and O–H groups in total. The highest BCUT2D eigenvalue weighted by Gasteiger charge is 2.36. The number of hydrogen-bond acceptors (Lipinski definition) is 4. The predicted octanol–water partition coefficient (Wildman–Crippen LogP) is 5.50. The van der Waals surface area contributed by atoms with E-state index in [0.29, 0.717) is 19.4 Å². The maximum atomic E-state index is 13.4. The van der Waals surface area contributed by atoms with Crippen molar-refractivity contribution in [1.82, 2.24) is 0 Å². The quantitative estimate of drug-likeness (QED) is 0.497. The Hall–Kier alpha value is -1.68. The summed E-state index contributed by atoms with van der Waals surface area (Å²) in [4.78, 5) is 0. The molecule has 0 aliphatic heterocycles. The predicted molar refractivity (Wildman–Crippen MR) is 123 cm³/mol. The summed E-state index contributed by atoms with van der Waals surface area (Å²) in [6.45, 7) is 2.13. The largest absolute Gasteiger partial charge is 0.327 e. The van der Waals surface area contributed by atoms with Crippen LogP contribution >= 0.6 is 19.8 Å². The highest BCUT2D eigenvalue weighted by atomic mass is 35.5. The number of nitrogens with two attached hydrogens (primary N) is 2. The third-order valence-corrected chi connectivity index (χ3v) is 7.16. The van der Waals surface area contributed by atoms with Gasteiger partial charge in [0.2, 0.25) is 7.37 Å². The van der Waals surface area contributed by atoms with Crippen molar-refractivity contribution in [2.24, 2.45) is 11.5 Å². The van der Waals surface area contributed by atoms with Gasteiger partial charge in [0.05, 0.1) is 18.2 Å². The van der Waals surface area contributed by atoms with E-state index >= 15 is 0 Å². The lowest BCUT2D eigenvalue weighted by atomic mass is 10.2. The molecule has 0 heterocycles. The van der Waals surface area contributed by atoms with Gasteiger partial charge in [0.15, 0.2) is 0 Å². The van der Waals surface area contributed by atoms with Gasteiger partial charge in [-0.25, -0.2) is 0 Å². The van der Waals surface area contributed by atoms with E-state index in [0.717, 1.165) is 11.1 Å². The van der Waals surface area contributed by atoms with Gasteiger partial charge in [0.1, 0.15) is 0 Å². The Morgan fingerprint density at radius 1 is 0.857 bits per heavy atom.